The number of amides is 1. The summed E-state index contributed by atoms with van der Waals surface area (Å²) in [5.74, 6) is 0.109. The number of carbonyl (C=O) groups excluding carboxylic acids is 1. The van der Waals surface area contributed by atoms with Gasteiger partial charge in [0, 0.05) is 12.1 Å². The Bertz CT molecular complexity index is 270. The first-order valence-electron chi connectivity index (χ1n) is 6.07. The van der Waals surface area contributed by atoms with E-state index in [0.717, 1.165) is 19.4 Å². The third kappa shape index (κ3) is 2.62. The molecule has 2 atom stereocenters. The maximum absolute atomic E-state index is 12.0. The summed E-state index contributed by atoms with van der Waals surface area (Å²) >= 11 is 0. The number of hydrogen-bond donors (Lipinski definition) is 2. The van der Waals surface area contributed by atoms with Crippen molar-refractivity contribution in [1.82, 2.24) is 10.6 Å². The predicted octanol–water partition coefficient (Wildman–Crippen LogP) is 0.446. The molecule has 2 rings (SSSR count). The van der Waals surface area contributed by atoms with E-state index in [9.17, 15) is 4.79 Å². The molecule has 0 aromatic carbocycles. The van der Waals surface area contributed by atoms with Crippen molar-refractivity contribution in [2.45, 2.75) is 31.8 Å². The SMILES string of the molecule is CCNC1COCC1C(=O)NC1CC=CC1. The highest BCUT2D eigenvalue weighted by Gasteiger charge is 2.34. The lowest BCUT2D eigenvalue weighted by Crippen LogP contribution is -2.46. The van der Waals surface area contributed by atoms with E-state index < -0.39 is 0 Å². The molecule has 90 valence electrons. The van der Waals surface area contributed by atoms with Gasteiger partial charge in [-0.1, -0.05) is 19.1 Å². The van der Waals surface area contributed by atoms with Crippen molar-refractivity contribution in [3.05, 3.63) is 12.2 Å². The van der Waals surface area contributed by atoms with Gasteiger partial charge in [0.1, 0.15) is 0 Å². The minimum absolute atomic E-state index is 0.0273. The van der Waals surface area contributed by atoms with E-state index in [1.807, 2.05) is 6.92 Å². The molecule has 1 heterocycles. The summed E-state index contributed by atoms with van der Waals surface area (Å²) in [7, 11) is 0. The summed E-state index contributed by atoms with van der Waals surface area (Å²) in [6.07, 6.45) is 6.17. The molecule has 1 fully saturated rings. The lowest BCUT2D eigenvalue weighted by molar-refractivity contribution is -0.126. The first-order chi connectivity index (χ1) is 7.81. The number of likely N-dealkylation sites (N-methyl/N-ethyl adjacent to an activating group) is 1. The maximum atomic E-state index is 12.0. The van der Waals surface area contributed by atoms with Crippen LogP contribution in [0.5, 0.6) is 0 Å². The first-order valence-corrected chi connectivity index (χ1v) is 6.07. The van der Waals surface area contributed by atoms with Gasteiger partial charge < -0.3 is 15.4 Å². The van der Waals surface area contributed by atoms with Crippen LogP contribution in [0.4, 0.5) is 0 Å². The molecule has 1 aliphatic heterocycles. The van der Waals surface area contributed by atoms with E-state index in [1.54, 1.807) is 0 Å². The number of rotatable bonds is 4. The Balaban J connectivity index is 1.83. The zero-order chi connectivity index (χ0) is 11.4. The highest BCUT2D eigenvalue weighted by molar-refractivity contribution is 5.80. The van der Waals surface area contributed by atoms with Crippen LogP contribution in [0, 0.1) is 5.92 Å². The van der Waals surface area contributed by atoms with Gasteiger partial charge in [0.05, 0.1) is 19.1 Å². The summed E-state index contributed by atoms with van der Waals surface area (Å²) in [6, 6.07) is 0.481. The van der Waals surface area contributed by atoms with Crippen molar-refractivity contribution in [1.29, 1.82) is 0 Å². The number of carbonyl (C=O) groups is 1. The van der Waals surface area contributed by atoms with E-state index in [0.29, 0.717) is 19.3 Å². The van der Waals surface area contributed by atoms with Crippen LogP contribution in [-0.2, 0) is 9.53 Å². The first kappa shape index (κ1) is 11.6. The van der Waals surface area contributed by atoms with Gasteiger partial charge in [0.2, 0.25) is 5.91 Å². The molecule has 16 heavy (non-hydrogen) atoms. The van der Waals surface area contributed by atoms with E-state index in [2.05, 4.69) is 22.8 Å². The fourth-order valence-corrected chi connectivity index (χ4v) is 2.32. The lowest BCUT2D eigenvalue weighted by atomic mass is 10.0. The van der Waals surface area contributed by atoms with Gasteiger partial charge in [-0.3, -0.25) is 4.79 Å². The lowest BCUT2D eigenvalue weighted by Gasteiger charge is -2.20. The van der Waals surface area contributed by atoms with Crippen molar-refractivity contribution in [2.24, 2.45) is 5.92 Å². The second-order valence-corrected chi connectivity index (χ2v) is 4.46. The Hall–Kier alpha value is -0.870. The van der Waals surface area contributed by atoms with Crippen LogP contribution in [0.2, 0.25) is 0 Å². The second kappa shape index (κ2) is 5.46. The molecule has 2 unspecified atom stereocenters. The van der Waals surface area contributed by atoms with Crippen LogP contribution < -0.4 is 10.6 Å². The third-order valence-corrected chi connectivity index (χ3v) is 3.24. The van der Waals surface area contributed by atoms with Crippen molar-refractivity contribution >= 4 is 5.91 Å². The molecule has 0 aromatic heterocycles. The summed E-state index contributed by atoms with van der Waals surface area (Å²) < 4.78 is 5.37. The topological polar surface area (TPSA) is 50.4 Å². The maximum Gasteiger partial charge on any atom is 0.227 e. The average molecular weight is 224 g/mol. The molecule has 0 radical (unpaired) electrons. The van der Waals surface area contributed by atoms with Crippen LogP contribution in [0.1, 0.15) is 19.8 Å². The Morgan fingerprint density at radius 2 is 2.12 bits per heavy atom. The van der Waals surface area contributed by atoms with E-state index in [-0.39, 0.29) is 17.9 Å². The molecule has 1 saturated heterocycles. The normalized spacial score (nSPS) is 29.8. The van der Waals surface area contributed by atoms with Crippen LogP contribution in [-0.4, -0.2) is 37.7 Å². The summed E-state index contributed by atoms with van der Waals surface area (Å²) in [5, 5.41) is 6.39. The van der Waals surface area contributed by atoms with E-state index in [1.165, 1.54) is 0 Å². The van der Waals surface area contributed by atoms with Gasteiger partial charge in [-0.25, -0.2) is 0 Å². The second-order valence-electron chi connectivity index (χ2n) is 4.46. The molecular weight excluding hydrogens is 204 g/mol. The minimum atomic E-state index is -0.0273. The molecule has 0 saturated carbocycles. The largest absolute Gasteiger partial charge is 0.379 e. The van der Waals surface area contributed by atoms with Crippen molar-refractivity contribution in [3.8, 4) is 0 Å². The standard InChI is InChI=1S/C12H20N2O2/c1-2-13-11-8-16-7-10(11)12(15)14-9-5-3-4-6-9/h3-4,9-11,13H,2,5-8H2,1H3,(H,14,15). The van der Waals surface area contributed by atoms with Gasteiger partial charge in [-0.05, 0) is 19.4 Å². The third-order valence-electron chi connectivity index (χ3n) is 3.24. The van der Waals surface area contributed by atoms with Crippen molar-refractivity contribution < 1.29 is 9.53 Å². The molecule has 2 aliphatic rings. The van der Waals surface area contributed by atoms with Crippen LogP contribution in [0.15, 0.2) is 12.2 Å². The fourth-order valence-electron chi connectivity index (χ4n) is 2.32. The predicted molar refractivity (Wildman–Crippen MR) is 62.1 cm³/mol. The molecular formula is C12H20N2O2. The van der Waals surface area contributed by atoms with Crippen molar-refractivity contribution in [2.75, 3.05) is 19.8 Å². The highest BCUT2D eigenvalue weighted by Crippen LogP contribution is 2.16. The quantitative estimate of drug-likeness (QED) is 0.682. The average Bonchev–Trinajstić information content (AvgIpc) is 2.89. The Morgan fingerprint density at radius 3 is 2.81 bits per heavy atom. The van der Waals surface area contributed by atoms with Gasteiger partial charge in [0.15, 0.2) is 0 Å². The van der Waals surface area contributed by atoms with Crippen LogP contribution in [0.25, 0.3) is 0 Å². The minimum Gasteiger partial charge on any atom is -0.379 e. The molecule has 1 amide bonds. The zero-order valence-corrected chi connectivity index (χ0v) is 9.74. The van der Waals surface area contributed by atoms with E-state index in [4.69, 9.17) is 4.74 Å². The number of nitrogens with one attached hydrogen (secondary N) is 2. The Morgan fingerprint density at radius 1 is 1.38 bits per heavy atom. The Labute approximate surface area is 96.4 Å². The molecule has 2 N–H and O–H groups in total. The van der Waals surface area contributed by atoms with Gasteiger partial charge in [-0.2, -0.15) is 0 Å². The monoisotopic (exact) mass is 224 g/mol. The number of hydrogen-bond acceptors (Lipinski definition) is 3. The van der Waals surface area contributed by atoms with Gasteiger partial charge >= 0.3 is 0 Å². The molecule has 0 bridgehead atoms. The summed E-state index contributed by atoms with van der Waals surface area (Å²) in [6.45, 7) is 4.12. The fraction of sp³-hybridized carbons (Fsp3) is 0.750. The molecule has 1 aliphatic carbocycles. The smallest absolute Gasteiger partial charge is 0.227 e. The van der Waals surface area contributed by atoms with Gasteiger partial charge in [0.25, 0.3) is 0 Å². The van der Waals surface area contributed by atoms with Crippen LogP contribution in [0.3, 0.4) is 0 Å². The van der Waals surface area contributed by atoms with Crippen molar-refractivity contribution in [3.63, 3.8) is 0 Å². The van der Waals surface area contributed by atoms with E-state index >= 15 is 0 Å². The highest BCUT2D eigenvalue weighted by atomic mass is 16.5. The van der Waals surface area contributed by atoms with Crippen LogP contribution >= 0.6 is 0 Å². The Kier molecular flexibility index (Phi) is 3.96. The summed E-state index contributed by atoms with van der Waals surface area (Å²) in [5.41, 5.74) is 0. The molecule has 4 heteroatoms. The number of ether oxygens (including phenoxy) is 1. The molecule has 0 spiro atoms. The molecule has 4 nitrogen and oxygen atoms in total. The summed E-state index contributed by atoms with van der Waals surface area (Å²) in [4.78, 5) is 12.0. The molecule has 0 aromatic rings. The van der Waals surface area contributed by atoms with Gasteiger partial charge in [-0.15, -0.1) is 0 Å². The zero-order valence-electron chi connectivity index (χ0n) is 9.74.